The Balaban J connectivity index is 4.59. The molecule has 26 heavy (non-hydrogen) atoms. The Hall–Kier alpha value is -1.27. The van der Waals surface area contributed by atoms with Crippen LogP contribution in [0.4, 0.5) is 0 Å². The number of hydrogen-bond acceptors (Lipinski definition) is 5. The average molecular weight is 372 g/mol. The molecule has 0 aromatic rings. The molecule has 0 rings (SSSR count). The van der Waals surface area contributed by atoms with E-state index in [4.69, 9.17) is 5.73 Å². The number of amides is 1. The zero-order valence-electron chi connectivity index (χ0n) is 17.1. The van der Waals surface area contributed by atoms with E-state index >= 15 is 0 Å². The summed E-state index contributed by atoms with van der Waals surface area (Å²) in [5.74, 6) is -3.04. The number of carbonyl (C=O) groups excluding carboxylic acids is 3. The summed E-state index contributed by atoms with van der Waals surface area (Å²) in [5.41, 5.74) is 5.16. The number of primary amides is 1. The highest BCUT2D eigenvalue weighted by molar-refractivity contribution is 6.01. The zero-order chi connectivity index (χ0) is 20.6. The molecule has 0 saturated heterocycles. The van der Waals surface area contributed by atoms with E-state index in [1.54, 1.807) is 13.8 Å². The first kappa shape index (κ1) is 24.7. The number of aliphatic hydroxyl groups is 2. The van der Waals surface area contributed by atoms with Crippen molar-refractivity contribution in [1.82, 2.24) is 0 Å². The lowest BCUT2D eigenvalue weighted by molar-refractivity contribution is -0.136. The van der Waals surface area contributed by atoms with E-state index in [1.807, 2.05) is 20.8 Å². The van der Waals surface area contributed by atoms with Crippen LogP contribution in [0.3, 0.4) is 0 Å². The van der Waals surface area contributed by atoms with Crippen molar-refractivity contribution >= 4 is 17.5 Å². The first-order valence-corrected chi connectivity index (χ1v) is 9.65. The van der Waals surface area contributed by atoms with Gasteiger partial charge in [-0.15, -0.1) is 0 Å². The first-order chi connectivity index (χ1) is 11.9. The summed E-state index contributed by atoms with van der Waals surface area (Å²) in [5, 5.41) is 20.2. The molecule has 4 N–H and O–H groups in total. The van der Waals surface area contributed by atoms with Crippen LogP contribution in [0.1, 0.15) is 67.2 Å². The minimum absolute atomic E-state index is 0.0760. The van der Waals surface area contributed by atoms with Gasteiger partial charge >= 0.3 is 0 Å². The van der Waals surface area contributed by atoms with E-state index in [-0.39, 0.29) is 29.3 Å². The van der Waals surface area contributed by atoms with Gasteiger partial charge in [0.1, 0.15) is 11.6 Å². The van der Waals surface area contributed by atoms with Gasteiger partial charge in [0.25, 0.3) is 0 Å². The van der Waals surface area contributed by atoms with E-state index in [9.17, 15) is 24.6 Å². The van der Waals surface area contributed by atoms with Crippen molar-refractivity contribution in [2.75, 3.05) is 0 Å². The van der Waals surface area contributed by atoms with Crippen molar-refractivity contribution in [3.05, 3.63) is 0 Å². The summed E-state index contributed by atoms with van der Waals surface area (Å²) in [6, 6.07) is 0. The predicted octanol–water partition coefficient (Wildman–Crippen LogP) is 2.09. The number of rotatable bonds is 13. The molecular formula is C20H37NO5. The maximum Gasteiger partial charge on any atom is 0.227 e. The van der Waals surface area contributed by atoms with Crippen LogP contribution in [0, 0.1) is 29.6 Å². The largest absolute Gasteiger partial charge is 0.393 e. The van der Waals surface area contributed by atoms with Crippen LogP contribution in [0.2, 0.25) is 0 Å². The lowest BCUT2D eigenvalue weighted by Crippen LogP contribution is -2.39. The van der Waals surface area contributed by atoms with Crippen molar-refractivity contribution in [2.45, 2.75) is 79.4 Å². The van der Waals surface area contributed by atoms with Crippen LogP contribution in [0.5, 0.6) is 0 Å². The molecule has 0 spiro atoms. The molecule has 0 aromatic heterocycles. The number of nitrogens with two attached hydrogens (primary N) is 1. The molecule has 0 aliphatic carbocycles. The smallest absolute Gasteiger partial charge is 0.227 e. The van der Waals surface area contributed by atoms with Crippen LogP contribution in [0.15, 0.2) is 0 Å². The molecule has 0 aromatic carbocycles. The molecule has 6 nitrogen and oxygen atoms in total. The number of ketones is 2. The number of aliphatic hydroxyl groups excluding tert-OH is 2. The SMILES string of the molecule is CC[C@@H](O)[C@H](C)CCC(=O)[C@H](C)C[C@H](C)[C@H](O)[C@@H](C)C(=O)[C@@H](C)C(N)=O. The fraction of sp³-hybridized carbons (Fsp3) is 0.850. The van der Waals surface area contributed by atoms with Gasteiger partial charge < -0.3 is 15.9 Å². The fourth-order valence-electron chi connectivity index (χ4n) is 3.24. The lowest BCUT2D eigenvalue weighted by atomic mass is 9.80. The highest BCUT2D eigenvalue weighted by Crippen LogP contribution is 2.25. The number of carbonyl (C=O) groups is 3. The second-order valence-corrected chi connectivity index (χ2v) is 7.88. The normalized spacial score (nSPS) is 19.7. The molecule has 0 radical (unpaired) electrons. The van der Waals surface area contributed by atoms with E-state index < -0.39 is 30.0 Å². The van der Waals surface area contributed by atoms with Gasteiger partial charge in [-0.25, -0.2) is 0 Å². The minimum Gasteiger partial charge on any atom is -0.393 e. The lowest BCUT2D eigenvalue weighted by Gasteiger charge is -2.27. The van der Waals surface area contributed by atoms with Crippen molar-refractivity contribution in [3.63, 3.8) is 0 Å². The Morgan fingerprint density at radius 1 is 0.962 bits per heavy atom. The molecular weight excluding hydrogens is 334 g/mol. The quantitative estimate of drug-likeness (QED) is 0.429. The second kappa shape index (κ2) is 11.4. The second-order valence-electron chi connectivity index (χ2n) is 7.88. The number of Topliss-reactive ketones (excluding diaryl/α,β-unsaturated/α-hetero) is 2. The van der Waals surface area contributed by atoms with Gasteiger partial charge in [0.15, 0.2) is 0 Å². The Morgan fingerprint density at radius 2 is 1.50 bits per heavy atom. The molecule has 0 fully saturated rings. The van der Waals surface area contributed by atoms with E-state index in [0.717, 1.165) is 0 Å². The van der Waals surface area contributed by atoms with Crippen molar-refractivity contribution in [2.24, 2.45) is 35.3 Å². The van der Waals surface area contributed by atoms with Gasteiger partial charge in [0, 0.05) is 18.3 Å². The van der Waals surface area contributed by atoms with Crippen LogP contribution < -0.4 is 5.73 Å². The highest BCUT2D eigenvalue weighted by Gasteiger charge is 2.33. The van der Waals surface area contributed by atoms with Crippen LogP contribution >= 0.6 is 0 Å². The van der Waals surface area contributed by atoms with Crippen LogP contribution in [-0.2, 0) is 14.4 Å². The van der Waals surface area contributed by atoms with Gasteiger partial charge in [0.2, 0.25) is 5.91 Å². The summed E-state index contributed by atoms with van der Waals surface area (Å²) >= 11 is 0. The molecule has 7 atom stereocenters. The van der Waals surface area contributed by atoms with Crippen molar-refractivity contribution < 1.29 is 24.6 Å². The first-order valence-electron chi connectivity index (χ1n) is 9.65. The molecule has 0 unspecified atom stereocenters. The van der Waals surface area contributed by atoms with E-state index in [0.29, 0.717) is 25.7 Å². The molecule has 0 saturated carbocycles. The van der Waals surface area contributed by atoms with Crippen molar-refractivity contribution in [1.29, 1.82) is 0 Å². The Kier molecular flexibility index (Phi) is 10.9. The molecule has 1 amide bonds. The van der Waals surface area contributed by atoms with E-state index in [1.165, 1.54) is 6.92 Å². The standard InChI is InChI=1S/C20H37NO5/c1-7-16(22)11(2)8-9-17(23)12(3)10-13(4)18(24)14(5)19(25)15(6)20(21)26/h11-16,18,22,24H,7-10H2,1-6H3,(H2,21,26)/t11-,12-,13+,14-,15-,16-,18+/m1/s1. The molecule has 0 bridgehead atoms. The number of hydrogen-bond donors (Lipinski definition) is 3. The third-order valence-electron chi connectivity index (χ3n) is 5.59. The molecule has 6 heteroatoms. The Morgan fingerprint density at radius 3 is 1.96 bits per heavy atom. The fourth-order valence-corrected chi connectivity index (χ4v) is 3.24. The zero-order valence-corrected chi connectivity index (χ0v) is 17.1. The van der Waals surface area contributed by atoms with Gasteiger partial charge in [-0.2, -0.15) is 0 Å². The molecule has 0 aliphatic rings. The molecule has 0 aliphatic heterocycles. The summed E-state index contributed by atoms with van der Waals surface area (Å²) in [6.45, 7) is 10.5. The minimum atomic E-state index is -0.933. The third kappa shape index (κ3) is 7.54. The van der Waals surface area contributed by atoms with Gasteiger partial charge in [-0.3, -0.25) is 14.4 Å². The van der Waals surface area contributed by atoms with Crippen LogP contribution in [-0.4, -0.2) is 39.9 Å². The monoisotopic (exact) mass is 371 g/mol. The van der Waals surface area contributed by atoms with E-state index in [2.05, 4.69) is 0 Å². The Bertz CT molecular complexity index is 479. The van der Waals surface area contributed by atoms with Gasteiger partial charge in [-0.05, 0) is 38.0 Å². The average Bonchev–Trinajstić information content (AvgIpc) is 2.61. The summed E-state index contributed by atoms with van der Waals surface area (Å²) in [4.78, 5) is 35.7. The topological polar surface area (TPSA) is 118 Å². The third-order valence-corrected chi connectivity index (χ3v) is 5.59. The summed E-state index contributed by atoms with van der Waals surface area (Å²) in [7, 11) is 0. The molecule has 152 valence electrons. The maximum absolute atomic E-state index is 12.3. The Labute approximate surface area is 157 Å². The van der Waals surface area contributed by atoms with Crippen molar-refractivity contribution in [3.8, 4) is 0 Å². The molecule has 0 heterocycles. The summed E-state index contributed by atoms with van der Waals surface area (Å²) < 4.78 is 0. The highest BCUT2D eigenvalue weighted by atomic mass is 16.3. The van der Waals surface area contributed by atoms with Gasteiger partial charge in [0.05, 0.1) is 18.1 Å². The van der Waals surface area contributed by atoms with Crippen LogP contribution in [0.25, 0.3) is 0 Å². The summed E-state index contributed by atoms with van der Waals surface area (Å²) in [6.07, 6.45) is 0.852. The van der Waals surface area contributed by atoms with Gasteiger partial charge in [-0.1, -0.05) is 34.6 Å². The maximum atomic E-state index is 12.3. The predicted molar refractivity (Wildman–Crippen MR) is 101 cm³/mol.